The van der Waals surface area contributed by atoms with Gasteiger partial charge >= 0.3 is 0 Å². The zero-order chi connectivity index (χ0) is 13.8. The number of benzene rings is 1. The van der Waals surface area contributed by atoms with Gasteiger partial charge in [-0.15, -0.1) is 0 Å². The fourth-order valence-electron chi connectivity index (χ4n) is 1.63. The number of methoxy groups -OCH3 is 1. The van der Waals surface area contributed by atoms with Crippen molar-refractivity contribution < 1.29 is 9.53 Å². The summed E-state index contributed by atoms with van der Waals surface area (Å²) in [6.07, 6.45) is 1.84. The maximum Gasteiger partial charge on any atom is 0.252 e. The highest BCUT2D eigenvalue weighted by molar-refractivity contribution is 9.10. The molecule has 1 heterocycles. The molecule has 19 heavy (non-hydrogen) atoms. The van der Waals surface area contributed by atoms with Crippen LogP contribution in [-0.4, -0.2) is 22.8 Å². The Labute approximate surface area is 119 Å². The standard InChI is InChI=1S/C13H14BrN3O2/c1-17-6-5-9(16-17)8-15-13(18)11-7-10(19-2)3-4-12(11)14/h3-7H,8H2,1-2H3,(H,15,18). The summed E-state index contributed by atoms with van der Waals surface area (Å²) in [5.74, 6) is 0.475. The van der Waals surface area contributed by atoms with Crippen LogP contribution in [0.3, 0.4) is 0 Å². The van der Waals surface area contributed by atoms with Crippen LogP contribution < -0.4 is 10.1 Å². The van der Waals surface area contributed by atoms with E-state index in [1.54, 1.807) is 30.0 Å². The Kier molecular flexibility index (Phi) is 4.21. The highest BCUT2D eigenvalue weighted by Crippen LogP contribution is 2.22. The fourth-order valence-corrected chi connectivity index (χ4v) is 2.06. The van der Waals surface area contributed by atoms with E-state index in [1.165, 1.54) is 0 Å². The van der Waals surface area contributed by atoms with Gasteiger partial charge in [-0.3, -0.25) is 9.48 Å². The number of amides is 1. The predicted molar refractivity (Wildman–Crippen MR) is 75.1 cm³/mol. The smallest absolute Gasteiger partial charge is 0.252 e. The lowest BCUT2D eigenvalue weighted by atomic mass is 10.2. The van der Waals surface area contributed by atoms with E-state index in [-0.39, 0.29) is 5.91 Å². The molecule has 1 amide bonds. The van der Waals surface area contributed by atoms with E-state index >= 15 is 0 Å². The highest BCUT2D eigenvalue weighted by Gasteiger charge is 2.11. The molecule has 0 aliphatic rings. The van der Waals surface area contributed by atoms with Crippen LogP contribution in [0.1, 0.15) is 16.1 Å². The molecule has 0 saturated heterocycles. The third-order valence-electron chi connectivity index (χ3n) is 2.62. The maximum atomic E-state index is 12.1. The summed E-state index contributed by atoms with van der Waals surface area (Å²) in [7, 11) is 3.41. The van der Waals surface area contributed by atoms with Crippen molar-refractivity contribution in [2.45, 2.75) is 6.54 Å². The Morgan fingerprint density at radius 1 is 1.47 bits per heavy atom. The molecule has 0 saturated carbocycles. The van der Waals surface area contributed by atoms with E-state index in [0.29, 0.717) is 17.9 Å². The average molecular weight is 324 g/mol. The maximum absolute atomic E-state index is 12.1. The van der Waals surface area contributed by atoms with Crippen LogP contribution in [0.5, 0.6) is 5.75 Å². The predicted octanol–water partition coefficient (Wildman–Crippen LogP) is 2.12. The van der Waals surface area contributed by atoms with Gasteiger partial charge < -0.3 is 10.1 Å². The van der Waals surface area contributed by atoms with E-state index in [2.05, 4.69) is 26.3 Å². The number of nitrogens with zero attached hydrogens (tertiary/aromatic N) is 2. The first-order valence-corrected chi connectivity index (χ1v) is 6.49. The summed E-state index contributed by atoms with van der Waals surface area (Å²) in [5, 5.41) is 7.02. The topological polar surface area (TPSA) is 56.1 Å². The molecule has 0 spiro atoms. The number of halogens is 1. The van der Waals surface area contributed by atoms with Gasteiger partial charge in [0, 0.05) is 17.7 Å². The largest absolute Gasteiger partial charge is 0.497 e. The number of rotatable bonds is 4. The van der Waals surface area contributed by atoms with Crippen LogP contribution in [0, 0.1) is 0 Å². The Hall–Kier alpha value is -1.82. The molecule has 0 aliphatic heterocycles. The van der Waals surface area contributed by atoms with Gasteiger partial charge in [0.1, 0.15) is 5.75 Å². The number of hydrogen-bond donors (Lipinski definition) is 1. The minimum atomic E-state index is -0.170. The summed E-state index contributed by atoms with van der Waals surface area (Å²) in [6, 6.07) is 7.13. The third-order valence-corrected chi connectivity index (χ3v) is 3.31. The van der Waals surface area contributed by atoms with Gasteiger partial charge in [-0.25, -0.2) is 0 Å². The average Bonchev–Trinajstić information content (AvgIpc) is 2.82. The summed E-state index contributed by atoms with van der Waals surface area (Å²) in [5.41, 5.74) is 1.35. The van der Waals surface area contributed by atoms with Crippen molar-refractivity contribution in [2.75, 3.05) is 7.11 Å². The lowest BCUT2D eigenvalue weighted by molar-refractivity contribution is 0.0949. The first-order chi connectivity index (χ1) is 9.10. The second-order valence-electron chi connectivity index (χ2n) is 4.01. The molecule has 1 N–H and O–H groups in total. The lowest BCUT2D eigenvalue weighted by Gasteiger charge is -2.07. The Balaban J connectivity index is 2.07. The molecule has 6 heteroatoms. The summed E-state index contributed by atoms with van der Waals surface area (Å²) >= 11 is 3.35. The van der Waals surface area contributed by atoms with Gasteiger partial charge in [0.2, 0.25) is 0 Å². The molecular weight excluding hydrogens is 310 g/mol. The zero-order valence-electron chi connectivity index (χ0n) is 10.7. The van der Waals surface area contributed by atoms with Gasteiger partial charge in [-0.2, -0.15) is 5.10 Å². The highest BCUT2D eigenvalue weighted by atomic mass is 79.9. The molecule has 5 nitrogen and oxygen atoms in total. The van der Waals surface area contributed by atoms with Crippen LogP contribution in [-0.2, 0) is 13.6 Å². The molecule has 0 aliphatic carbocycles. The molecule has 0 radical (unpaired) electrons. The van der Waals surface area contributed by atoms with Gasteiger partial charge in [0.15, 0.2) is 0 Å². The molecule has 0 atom stereocenters. The van der Waals surface area contributed by atoms with Crippen LogP contribution in [0.4, 0.5) is 0 Å². The fraction of sp³-hybridized carbons (Fsp3) is 0.231. The number of aryl methyl sites for hydroxylation is 1. The quantitative estimate of drug-likeness (QED) is 0.937. The molecule has 0 fully saturated rings. The molecule has 0 bridgehead atoms. The number of nitrogens with one attached hydrogen (secondary N) is 1. The van der Waals surface area contributed by atoms with Crippen molar-refractivity contribution in [1.29, 1.82) is 0 Å². The van der Waals surface area contributed by atoms with Crippen molar-refractivity contribution in [2.24, 2.45) is 7.05 Å². The van der Waals surface area contributed by atoms with Gasteiger partial charge in [-0.1, -0.05) is 0 Å². The van der Waals surface area contributed by atoms with Crippen molar-refractivity contribution in [3.63, 3.8) is 0 Å². The van der Waals surface area contributed by atoms with Crippen molar-refractivity contribution in [3.05, 3.63) is 46.2 Å². The first kappa shape index (κ1) is 13.6. The van der Waals surface area contributed by atoms with Crippen LogP contribution in [0.2, 0.25) is 0 Å². The van der Waals surface area contributed by atoms with Crippen LogP contribution in [0.15, 0.2) is 34.9 Å². The van der Waals surface area contributed by atoms with E-state index < -0.39 is 0 Å². The molecule has 2 aromatic rings. The lowest BCUT2D eigenvalue weighted by Crippen LogP contribution is -2.23. The van der Waals surface area contributed by atoms with Crippen molar-refractivity contribution in [1.82, 2.24) is 15.1 Å². The second kappa shape index (κ2) is 5.88. The molecule has 100 valence electrons. The Morgan fingerprint density at radius 2 is 2.26 bits per heavy atom. The van der Waals surface area contributed by atoms with E-state index in [9.17, 15) is 4.79 Å². The summed E-state index contributed by atoms with van der Waals surface area (Å²) in [6.45, 7) is 0.392. The number of hydrogen-bond acceptors (Lipinski definition) is 3. The number of aromatic nitrogens is 2. The van der Waals surface area contributed by atoms with Gasteiger partial charge in [0.05, 0.1) is 24.9 Å². The number of carbonyl (C=O) groups excluding carboxylic acids is 1. The SMILES string of the molecule is COc1ccc(Br)c(C(=O)NCc2ccn(C)n2)c1. The van der Waals surface area contributed by atoms with Crippen LogP contribution in [0.25, 0.3) is 0 Å². The third kappa shape index (κ3) is 3.35. The molecule has 1 aromatic heterocycles. The molecule has 2 rings (SSSR count). The molecular formula is C13H14BrN3O2. The van der Waals surface area contributed by atoms with Crippen LogP contribution >= 0.6 is 15.9 Å². The van der Waals surface area contributed by atoms with Gasteiger partial charge in [-0.05, 0) is 40.2 Å². The normalized spacial score (nSPS) is 10.3. The zero-order valence-corrected chi connectivity index (χ0v) is 12.3. The van der Waals surface area contributed by atoms with Crippen molar-refractivity contribution in [3.8, 4) is 5.75 Å². The minimum Gasteiger partial charge on any atom is -0.497 e. The summed E-state index contributed by atoms with van der Waals surface area (Å²) in [4.78, 5) is 12.1. The Bertz CT molecular complexity index is 595. The molecule has 1 aromatic carbocycles. The number of carbonyl (C=O) groups is 1. The monoisotopic (exact) mass is 323 g/mol. The van der Waals surface area contributed by atoms with Gasteiger partial charge in [0.25, 0.3) is 5.91 Å². The molecule has 0 unspecified atom stereocenters. The minimum absolute atomic E-state index is 0.170. The first-order valence-electron chi connectivity index (χ1n) is 5.70. The van der Waals surface area contributed by atoms with E-state index in [4.69, 9.17) is 4.74 Å². The summed E-state index contributed by atoms with van der Waals surface area (Å²) < 4.78 is 7.54. The van der Waals surface area contributed by atoms with E-state index in [0.717, 1.165) is 10.2 Å². The van der Waals surface area contributed by atoms with Crippen molar-refractivity contribution >= 4 is 21.8 Å². The Morgan fingerprint density at radius 3 is 2.89 bits per heavy atom. The number of ether oxygens (including phenoxy) is 1. The van der Waals surface area contributed by atoms with E-state index in [1.807, 2.05) is 19.3 Å². The second-order valence-corrected chi connectivity index (χ2v) is 4.86.